The highest BCUT2D eigenvalue weighted by atomic mass is 79.9. The first-order valence-electron chi connectivity index (χ1n) is 7.54. The highest BCUT2D eigenvalue weighted by molar-refractivity contribution is 9.09. The van der Waals surface area contributed by atoms with Crippen molar-refractivity contribution in [1.82, 2.24) is 0 Å². The first-order chi connectivity index (χ1) is 9.67. The van der Waals surface area contributed by atoms with Gasteiger partial charge in [-0.25, -0.2) is 0 Å². The topological polar surface area (TPSA) is 18.5 Å². The molecule has 0 radical (unpaired) electrons. The normalized spacial score (nSPS) is 18.4. The van der Waals surface area contributed by atoms with Gasteiger partial charge in [0.2, 0.25) is 0 Å². The lowest BCUT2D eigenvalue weighted by Gasteiger charge is -2.24. The lowest BCUT2D eigenvalue weighted by atomic mass is 9.90. The van der Waals surface area contributed by atoms with E-state index in [2.05, 4.69) is 35.0 Å². The van der Waals surface area contributed by atoms with Gasteiger partial charge in [0, 0.05) is 4.83 Å². The number of alkyl halides is 1. The van der Waals surface area contributed by atoms with Gasteiger partial charge in [0.05, 0.1) is 14.2 Å². The maximum atomic E-state index is 5.45. The molecule has 0 bridgehead atoms. The van der Waals surface area contributed by atoms with E-state index in [9.17, 15) is 0 Å². The van der Waals surface area contributed by atoms with Crippen LogP contribution < -0.4 is 9.47 Å². The standard InChI is InChI=1S/C17H25BrO2/c1-12-10-15(19-2)16(20-3)11-14(12)17(18)13-8-6-4-5-7-9-13/h10-11,13,17H,4-9H2,1-3H3. The van der Waals surface area contributed by atoms with Gasteiger partial charge >= 0.3 is 0 Å². The molecule has 0 spiro atoms. The van der Waals surface area contributed by atoms with Gasteiger partial charge in [0.1, 0.15) is 0 Å². The van der Waals surface area contributed by atoms with Crippen LogP contribution >= 0.6 is 15.9 Å². The fourth-order valence-corrected chi connectivity index (χ4v) is 4.17. The van der Waals surface area contributed by atoms with Crippen molar-refractivity contribution in [3.05, 3.63) is 23.3 Å². The molecule has 1 saturated carbocycles. The minimum absolute atomic E-state index is 0.417. The number of halogens is 1. The largest absolute Gasteiger partial charge is 0.493 e. The second-order valence-corrected chi connectivity index (χ2v) is 6.70. The van der Waals surface area contributed by atoms with Crippen LogP contribution in [0.15, 0.2) is 12.1 Å². The van der Waals surface area contributed by atoms with E-state index in [0.717, 1.165) is 17.4 Å². The zero-order chi connectivity index (χ0) is 14.5. The molecule has 112 valence electrons. The van der Waals surface area contributed by atoms with Crippen LogP contribution in [0.2, 0.25) is 0 Å². The number of benzene rings is 1. The molecule has 1 unspecified atom stereocenters. The van der Waals surface area contributed by atoms with E-state index in [1.807, 2.05) is 0 Å². The predicted molar refractivity (Wildman–Crippen MR) is 87.1 cm³/mol. The van der Waals surface area contributed by atoms with Crippen molar-refractivity contribution in [3.8, 4) is 11.5 Å². The third kappa shape index (κ3) is 3.49. The van der Waals surface area contributed by atoms with Crippen LogP contribution in [0.5, 0.6) is 11.5 Å². The van der Waals surface area contributed by atoms with Crippen molar-refractivity contribution in [1.29, 1.82) is 0 Å². The molecule has 0 saturated heterocycles. The Hall–Kier alpha value is -0.700. The third-order valence-corrected chi connectivity index (χ3v) is 5.62. The SMILES string of the molecule is COc1cc(C)c(C(Br)C2CCCCCC2)cc1OC. The molecule has 2 rings (SSSR count). The molecule has 0 N–H and O–H groups in total. The summed E-state index contributed by atoms with van der Waals surface area (Å²) in [5.74, 6) is 2.37. The summed E-state index contributed by atoms with van der Waals surface area (Å²) in [5.41, 5.74) is 2.61. The van der Waals surface area contributed by atoms with Crippen molar-refractivity contribution in [2.45, 2.75) is 50.3 Å². The summed E-state index contributed by atoms with van der Waals surface area (Å²) in [6, 6.07) is 4.22. The van der Waals surface area contributed by atoms with Crippen molar-refractivity contribution < 1.29 is 9.47 Å². The third-order valence-electron chi connectivity index (χ3n) is 4.38. The molecule has 1 aromatic rings. The molecule has 3 heteroatoms. The van der Waals surface area contributed by atoms with Gasteiger partial charge in [0.15, 0.2) is 11.5 Å². The highest BCUT2D eigenvalue weighted by Crippen LogP contribution is 2.43. The van der Waals surface area contributed by atoms with Crippen LogP contribution in [-0.4, -0.2) is 14.2 Å². The number of methoxy groups -OCH3 is 2. The maximum absolute atomic E-state index is 5.45. The molecule has 0 aliphatic heterocycles. The maximum Gasteiger partial charge on any atom is 0.161 e. The van der Waals surface area contributed by atoms with Crippen LogP contribution in [-0.2, 0) is 0 Å². The molecule has 1 atom stereocenters. The molecule has 1 aliphatic carbocycles. The van der Waals surface area contributed by atoms with E-state index in [0.29, 0.717) is 4.83 Å². The zero-order valence-corrected chi connectivity index (χ0v) is 14.3. The van der Waals surface area contributed by atoms with Crippen molar-refractivity contribution in [2.75, 3.05) is 14.2 Å². The summed E-state index contributed by atoms with van der Waals surface area (Å²) in [4.78, 5) is 0.417. The van der Waals surface area contributed by atoms with E-state index in [1.54, 1.807) is 14.2 Å². The van der Waals surface area contributed by atoms with Gasteiger partial charge in [-0.1, -0.05) is 41.6 Å². The van der Waals surface area contributed by atoms with Crippen LogP contribution in [0.4, 0.5) is 0 Å². The fraction of sp³-hybridized carbons (Fsp3) is 0.647. The summed E-state index contributed by atoms with van der Waals surface area (Å²) in [5, 5.41) is 0. The van der Waals surface area contributed by atoms with Crippen molar-refractivity contribution in [3.63, 3.8) is 0 Å². The molecule has 1 aliphatic rings. The molecular formula is C17H25BrO2. The Morgan fingerprint density at radius 3 is 2.10 bits per heavy atom. The van der Waals surface area contributed by atoms with Gasteiger partial charge in [-0.3, -0.25) is 0 Å². The van der Waals surface area contributed by atoms with Gasteiger partial charge in [0.25, 0.3) is 0 Å². The highest BCUT2D eigenvalue weighted by Gasteiger charge is 2.24. The second kappa shape index (κ2) is 7.35. The number of rotatable bonds is 4. The molecular weight excluding hydrogens is 316 g/mol. The van der Waals surface area contributed by atoms with Gasteiger partial charge in [-0.05, 0) is 48.9 Å². The number of hydrogen-bond acceptors (Lipinski definition) is 2. The Morgan fingerprint density at radius 2 is 1.55 bits per heavy atom. The predicted octanol–water partition coefficient (Wildman–Crippen LogP) is 5.42. The zero-order valence-electron chi connectivity index (χ0n) is 12.7. The molecule has 20 heavy (non-hydrogen) atoms. The summed E-state index contributed by atoms with van der Waals surface area (Å²) >= 11 is 3.95. The van der Waals surface area contributed by atoms with Crippen LogP contribution in [0, 0.1) is 12.8 Å². The molecule has 1 aromatic carbocycles. The van der Waals surface area contributed by atoms with E-state index in [1.165, 1.54) is 49.7 Å². The van der Waals surface area contributed by atoms with Gasteiger partial charge < -0.3 is 9.47 Å². The summed E-state index contributed by atoms with van der Waals surface area (Å²) in [7, 11) is 3.39. The Bertz CT molecular complexity index is 437. The first-order valence-corrected chi connectivity index (χ1v) is 8.45. The second-order valence-electron chi connectivity index (χ2n) is 5.72. The molecule has 0 aromatic heterocycles. The Morgan fingerprint density at radius 1 is 1.00 bits per heavy atom. The first kappa shape index (κ1) is 15.7. The van der Waals surface area contributed by atoms with Crippen LogP contribution in [0.25, 0.3) is 0 Å². The van der Waals surface area contributed by atoms with E-state index in [4.69, 9.17) is 9.47 Å². The Balaban J connectivity index is 2.26. The monoisotopic (exact) mass is 340 g/mol. The van der Waals surface area contributed by atoms with Crippen LogP contribution in [0.1, 0.15) is 54.5 Å². The molecule has 2 nitrogen and oxygen atoms in total. The summed E-state index contributed by atoms with van der Waals surface area (Å²) in [6.07, 6.45) is 8.15. The fourth-order valence-electron chi connectivity index (χ4n) is 3.15. The van der Waals surface area contributed by atoms with E-state index >= 15 is 0 Å². The summed E-state index contributed by atoms with van der Waals surface area (Å²) in [6.45, 7) is 2.16. The number of hydrogen-bond donors (Lipinski definition) is 0. The molecule has 0 heterocycles. The van der Waals surface area contributed by atoms with Crippen LogP contribution in [0.3, 0.4) is 0 Å². The quantitative estimate of drug-likeness (QED) is 0.538. The lowest BCUT2D eigenvalue weighted by Crippen LogP contribution is -2.09. The average Bonchev–Trinajstić information content (AvgIpc) is 2.75. The van der Waals surface area contributed by atoms with Gasteiger partial charge in [-0.15, -0.1) is 0 Å². The number of ether oxygens (including phenoxy) is 2. The van der Waals surface area contributed by atoms with E-state index < -0.39 is 0 Å². The Labute approximate surface area is 131 Å². The minimum atomic E-state index is 0.417. The number of aryl methyl sites for hydroxylation is 1. The molecule has 1 fully saturated rings. The van der Waals surface area contributed by atoms with Crippen molar-refractivity contribution in [2.24, 2.45) is 5.92 Å². The van der Waals surface area contributed by atoms with Gasteiger partial charge in [-0.2, -0.15) is 0 Å². The molecule has 0 amide bonds. The van der Waals surface area contributed by atoms with E-state index in [-0.39, 0.29) is 0 Å². The lowest BCUT2D eigenvalue weighted by molar-refractivity contribution is 0.353. The summed E-state index contributed by atoms with van der Waals surface area (Å²) < 4.78 is 10.8. The van der Waals surface area contributed by atoms with Crippen molar-refractivity contribution >= 4 is 15.9 Å². The minimum Gasteiger partial charge on any atom is -0.493 e. The smallest absolute Gasteiger partial charge is 0.161 e. The Kier molecular flexibility index (Phi) is 5.76. The average molecular weight is 341 g/mol.